The van der Waals surface area contributed by atoms with Crippen LogP contribution in [0.15, 0.2) is 48.7 Å². The first-order valence-corrected chi connectivity index (χ1v) is 14.8. The number of likely N-dealkylation sites (tertiary alicyclic amines) is 1. The van der Waals surface area contributed by atoms with Gasteiger partial charge >= 0.3 is 6.09 Å². The molecule has 0 radical (unpaired) electrons. The van der Waals surface area contributed by atoms with Crippen molar-refractivity contribution in [2.24, 2.45) is 0 Å². The van der Waals surface area contributed by atoms with Crippen LogP contribution in [0, 0.1) is 0 Å². The van der Waals surface area contributed by atoms with E-state index in [-0.39, 0.29) is 24.4 Å². The maximum Gasteiger partial charge on any atom is 0.410 e. The highest BCUT2D eigenvalue weighted by molar-refractivity contribution is 5.74. The van der Waals surface area contributed by atoms with Crippen molar-refractivity contribution in [3.63, 3.8) is 0 Å². The van der Waals surface area contributed by atoms with E-state index in [1.165, 1.54) is 4.90 Å². The van der Waals surface area contributed by atoms with Gasteiger partial charge in [-0.05, 0) is 57.9 Å². The summed E-state index contributed by atoms with van der Waals surface area (Å²) in [5, 5.41) is 18.7. The number of nitrogen functional groups attached to an aromatic ring is 1. The number of hydrogen-bond donors (Lipinski definition) is 2. The molecule has 3 aliphatic heterocycles. The molecule has 1 aromatic carbocycles. The van der Waals surface area contributed by atoms with Gasteiger partial charge in [0.2, 0.25) is 5.88 Å². The first kappa shape index (κ1) is 28.8. The first-order chi connectivity index (χ1) is 20.6. The molecule has 0 saturated carbocycles. The monoisotopic (exact) mass is 591 g/mol. The fraction of sp³-hybridized carbons (Fsp3) is 0.484. The number of alkyl halides is 1. The summed E-state index contributed by atoms with van der Waals surface area (Å²) in [5.74, 6) is 0.860. The van der Waals surface area contributed by atoms with Gasteiger partial charge in [-0.3, -0.25) is 0 Å². The van der Waals surface area contributed by atoms with Gasteiger partial charge in [0.05, 0.1) is 17.9 Å². The molecule has 11 nitrogen and oxygen atoms in total. The number of hydrogen-bond acceptors (Lipinski definition) is 10. The molecule has 3 aromatic rings. The SMILES string of the molecule is CC(C)(C)OC(=O)N1CC[C@H](Oc2cc(N3C4CCC3CN(c3cc(-c5ccccc5O)nnc3N)C4)ccn2)[C@H](F)C1. The summed E-state index contributed by atoms with van der Waals surface area (Å²) < 4.78 is 26.5. The molecule has 3 saturated heterocycles. The summed E-state index contributed by atoms with van der Waals surface area (Å²) >= 11 is 0. The van der Waals surface area contributed by atoms with Crippen LogP contribution < -0.4 is 20.3 Å². The van der Waals surface area contributed by atoms with Gasteiger partial charge < -0.3 is 35.0 Å². The first-order valence-electron chi connectivity index (χ1n) is 14.8. The number of anilines is 3. The highest BCUT2D eigenvalue weighted by Crippen LogP contribution is 2.39. The molecule has 3 aliphatic rings. The predicted octanol–water partition coefficient (Wildman–Crippen LogP) is 4.41. The summed E-state index contributed by atoms with van der Waals surface area (Å²) in [6.07, 6.45) is 1.51. The smallest absolute Gasteiger partial charge is 0.410 e. The molecule has 5 heterocycles. The van der Waals surface area contributed by atoms with Gasteiger partial charge in [-0.2, -0.15) is 0 Å². The standard InChI is InChI=1S/C31H38FN7O4/c1-31(2,3)43-30(41)37-13-11-27(23(32)18-37)42-28-14-19(10-12-34-28)39-20-8-9-21(39)17-38(16-20)25-15-24(35-36-29(25)33)22-6-4-5-7-26(22)40/h4-7,10,12,14-15,20-21,23,27,40H,8-9,11,13,16-18H2,1-3H3,(H2,33,36)/t20?,21?,23-,27+/m1/s1. The number of ether oxygens (including phenoxy) is 2. The number of aromatic nitrogens is 3. The van der Waals surface area contributed by atoms with Crippen LogP contribution in [0.25, 0.3) is 11.3 Å². The molecule has 1 amide bonds. The number of carbonyl (C=O) groups excluding carboxylic acids is 1. The molecule has 6 rings (SSSR count). The van der Waals surface area contributed by atoms with Crippen molar-refractivity contribution in [1.82, 2.24) is 20.1 Å². The summed E-state index contributed by atoms with van der Waals surface area (Å²) in [5.41, 5.74) is 8.61. The van der Waals surface area contributed by atoms with Crippen molar-refractivity contribution >= 4 is 23.3 Å². The Morgan fingerprint density at radius 3 is 2.49 bits per heavy atom. The van der Waals surface area contributed by atoms with Crippen LogP contribution in [0.4, 0.5) is 26.4 Å². The number of fused-ring (bicyclic) bond motifs is 2. The molecule has 3 fully saturated rings. The quantitative estimate of drug-likeness (QED) is 0.440. The number of para-hydroxylation sites is 1. The topological polar surface area (TPSA) is 130 Å². The van der Waals surface area contributed by atoms with Crippen LogP contribution in [0.5, 0.6) is 11.6 Å². The van der Waals surface area contributed by atoms with Crippen molar-refractivity contribution < 1.29 is 23.8 Å². The Bertz CT molecular complexity index is 1470. The van der Waals surface area contributed by atoms with Crippen LogP contribution in [-0.2, 0) is 4.74 Å². The minimum Gasteiger partial charge on any atom is -0.507 e. The normalized spacial score (nSPS) is 23.8. The Labute approximate surface area is 250 Å². The molecule has 2 unspecified atom stereocenters. The number of halogens is 1. The van der Waals surface area contributed by atoms with Crippen molar-refractivity contribution in [3.8, 4) is 22.9 Å². The van der Waals surface area contributed by atoms with Crippen molar-refractivity contribution in [3.05, 3.63) is 48.7 Å². The van der Waals surface area contributed by atoms with Gasteiger partial charge in [-0.15, -0.1) is 10.2 Å². The average molecular weight is 592 g/mol. The van der Waals surface area contributed by atoms with Gasteiger partial charge in [0, 0.05) is 61.7 Å². The maximum atomic E-state index is 15.1. The lowest BCUT2D eigenvalue weighted by Crippen LogP contribution is -2.54. The van der Waals surface area contributed by atoms with E-state index in [1.54, 1.807) is 45.2 Å². The van der Waals surface area contributed by atoms with Crippen LogP contribution in [0.2, 0.25) is 0 Å². The third-order valence-corrected chi connectivity index (χ3v) is 8.23. The Morgan fingerprint density at radius 2 is 1.79 bits per heavy atom. The number of amides is 1. The molecule has 228 valence electrons. The summed E-state index contributed by atoms with van der Waals surface area (Å²) in [7, 11) is 0. The zero-order valence-corrected chi connectivity index (χ0v) is 24.7. The van der Waals surface area contributed by atoms with E-state index < -0.39 is 24.0 Å². The average Bonchev–Trinajstić information content (AvgIpc) is 3.23. The molecule has 0 aliphatic carbocycles. The number of phenols is 1. The number of piperazine rings is 1. The minimum absolute atomic E-state index is 0.0794. The number of carbonyl (C=O) groups is 1. The molecular formula is C31H38FN7O4. The largest absolute Gasteiger partial charge is 0.507 e. The lowest BCUT2D eigenvalue weighted by atomic mass is 10.1. The van der Waals surface area contributed by atoms with E-state index in [0.29, 0.717) is 35.9 Å². The van der Waals surface area contributed by atoms with Gasteiger partial charge in [-0.1, -0.05) is 12.1 Å². The highest BCUT2D eigenvalue weighted by Gasteiger charge is 2.41. The van der Waals surface area contributed by atoms with Crippen molar-refractivity contribution in [2.75, 3.05) is 41.7 Å². The Hall–Kier alpha value is -4.35. The van der Waals surface area contributed by atoms with Crippen LogP contribution in [0.3, 0.4) is 0 Å². The van der Waals surface area contributed by atoms with Crippen LogP contribution in [-0.4, -0.2) is 87.4 Å². The van der Waals surface area contributed by atoms with E-state index in [0.717, 1.165) is 37.3 Å². The predicted molar refractivity (Wildman–Crippen MR) is 161 cm³/mol. The third-order valence-electron chi connectivity index (χ3n) is 8.23. The van der Waals surface area contributed by atoms with E-state index in [2.05, 4.69) is 25.0 Å². The molecule has 12 heteroatoms. The molecule has 43 heavy (non-hydrogen) atoms. The second-order valence-corrected chi connectivity index (χ2v) is 12.5. The minimum atomic E-state index is -1.35. The van der Waals surface area contributed by atoms with Gasteiger partial charge in [-0.25, -0.2) is 14.2 Å². The number of nitrogens with two attached hydrogens (primary N) is 1. The second kappa shape index (κ2) is 11.4. The van der Waals surface area contributed by atoms with Crippen molar-refractivity contribution in [2.45, 2.75) is 70.0 Å². The lowest BCUT2D eigenvalue weighted by molar-refractivity contribution is -0.0114. The number of phenolic OH excluding ortho intramolecular Hbond substituents is 1. The van der Waals surface area contributed by atoms with E-state index >= 15 is 4.39 Å². The van der Waals surface area contributed by atoms with E-state index in [4.69, 9.17) is 15.2 Å². The molecule has 2 aromatic heterocycles. The summed E-state index contributed by atoms with van der Waals surface area (Å²) in [6, 6.07) is 13.2. The number of aromatic hydroxyl groups is 1. The fourth-order valence-corrected chi connectivity index (χ4v) is 6.28. The number of rotatable bonds is 5. The van der Waals surface area contributed by atoms with Gasteiger partial charge in [0.1, 0.15) is 17.5 Å². The number of piperidine rings is 1. The molecule has 0 spiro atoms. The number of pyridine rings is 1. The lowest BCUT2D eigenvalue weighted by Gasteiger charge is -2.43. The highest BCUT2D eigenvalue weighted by atomic mass is 19.1. The fourth-order valence-electron chi connectivity index (χ4n) is 6.28. The van der Waals surface area contributed by atoms with Gasteiger partial charge in [0.15, 0.2) is 12.0 Å². The number of nitrogens with zero attached hydrogens (tertiary/aromatic N) is 6. The Balaban J connectivity index is 1.13. The zero-order valence-electron chi connectivity index (χ0n) is 24.7. The summed E-state index contributed by atoms with van der Waals surface area (Å²) in [6.45, 7) is 7.12. The van der Waals surface area contributed by atoms with E-state index in [1.807, 2.05) is 24.3 Å². The van der Waals surface area contributed by atoms with Crippen molar-refractivity contribution in [1.29, 1.82) is 0 Å². The van der Waals surface area contributed by atoms with Crippen LogP contribution in [0.1, 0.15) is 40.0 Å². The Morgan fingerprint density at radius 1 is 1.05 bits per heavy atom. The molecule has 4 atom stereocenters. The van der Waals surface area contributed by atoms with Gasteiger partial charge in [0.25, 0.3) is 0 Å². The van der Waals surface area contributed by atoms with Crippen LogP contribution >= 0.6 is 0 Å². The maximum absolute atomic E-state index is 15.1. The molecule has 2 bridgehead atoms. The molecule has 3 N–H and O–H groups in total. The number of benzene rings is 1. The zero-order chi connectivity index (χ0) is 30.3. The second-order valence-electron chi connectivity index (χ2n) is 12.5. The third kappa shape index (κ3) is 6.09. The summed E-state index contributed by atoms with van der Waals surface area (Å²) in [4.78, 5) is 22.8. The van der Waals surface area contributed by atoms with E-state index in [9.17, 15) is 9.90 Å². The molecular weight excluding hydrogens is 553 g/mol. The Kier molecular flexibility index (Phi) is 7.61.